The summed E-state index contributed by atoms with van der Waals surface area (Å²) in [5.41, 5.74) is 0. The lowest BCUT2D eigenvalue weighted by Crippen LogP contribution is -2.45. The highest BCUT2D eigenvalue weighted by atomic mass is 16.4. The van der Waals surface area contributed by atoms with E-state index in [9.17, 15) is 14.7 Å². The highest BCUT2D eigenvalue weighted by Gasteiger charge is 2.39. The molecule has 1 saturated heterocycles. The molecule has 0 aliphatic carbocycles. The molecule has 1 rings (SSSR count). The topological polar surface area (TPSA) is 89.9 Å². The van der Waals surface area contributed by atoms with Crippen LogP contribution in [0.15, 0.2) is 0 Å². The molecule has 0 saturated carbocycles. The van der Waals surface area contributed by atoms with Gasteiger partial charge in [0.2, 0.25) is 5.91 Å². The number of hydrogen-bond acceptors (Lipinski definition) is 4. The zero-order valence-electron chi connectivity index (χ0n) is 10.2. The second-order valence-electron chi connectivity index (χ2n) is 4.44. The van der Waals surface area contributed by atoms with Crippen molar-refractivity contribution < 1.29 is 19.8 Å². The number of aliphatic hydroxyl groups is 1. The van der Waals surface area contributed by atoms with Crippen LogP contribution in [0.4, 0.5) is 0 Å². The number of nitrogens with one attached hydrogen (secondary N) is 1. The summed E-state index contributed by atoms with van der Waals surface area (Å²) in [6, 6.07) is -0.887. The van der Waals surface area contributed by atoms with E-state index in [1.54, 1.807) is 6.92 Å². The van der Waals surface area contributed by atoms with Gasteiger partial charge in [-0.15, -0.1) is 0 Å². The van der Waals surface area contributed by atoms with Crippen LogP contribution in [-0.4, -0.2) is 58.8 Å². The Morgan fingerprint density at radius 3 is 2.71 bits per heavy atom. The predicted octanol–water partition coefficient (Wildman–Crippen LogP) is -0.722. The van der Waals surface area contributed by atoms with Crippen molar-refractivity contribution in [2.24, 2.45) is 5.92 Å². The van der Waals surface area contributed by atoms with Crippen LogP contribution in [0, 0.1) is 5.92 Å². The number of carbonyl (C=O) groups excluding carboxylic acids is 1. The largest absolute Gasteiger partial charge is 0.480 e. The van der Waals surface area contributed by atoms with Crippen LogP contribution >= 0.6 is 0 Å². The van der Waals surface area contributed by atoms with Gasteiger partial charge in [-0.2, -0.15) is 0 Å². The molecule has 1 fully saturated rings. The van der Waals surface area contributed by atoms with Gasteiger partial charge in [-0.1, -0.05) is 13.8 Å². The van der Waals surface area contributed by atoms with Gasteiger partial charge < -0.3 is 20.4 Å². The maximum Gasteiger partial charge on any atom is 0.326 e. The number of nitrogens with zero attached hydrogens (tertiary/aromatic N) is 1. The number of rotatable bonds is 5. The molecule has 17 heavy (non-hydrogen) atoms. The molecule has 3 atom stereocenters. The van der Waals surface area contributed by atoms with E-state index in [4.69, 9.17) is 5.11 Å². The average Bonchev–Trinajstić information content (AvgIpc) is 2.67. The highest BCUT2D eigenvalue weighted by Crippen LogP contribution is 2.20. The third-order valence-corrected chi connectivity index (χ3v) is 2.97. The van der Waals surface area contributed by atoms with Crippen molar-refractivity contribution in [1.29, 1.82) is 0 Å². The van der Waals surface area contributed by atoms with Crippen LogP contribution < -0.4 is 5.32 Å². The lowest BCUT2D eigenvalue weighted by molar-refractivity contribution is -0.149. The van der Waals surface area contributed by atoms with E-state index in [1.165, 1.54) is 4.90 Å². The number of aliphatic hydroxyl groups excluding tert-OH is 1. The molecule has 6 heteroatoms. The monoisotopic (exact) mass is 244 g/mol. The lowest BCUT2D eigenvalue weighted by Gasteiger charge is -2.24. The molecule has 6 nitrogen and oxygen atoms in total. The summed E-state index contributed by atoms with van der Waals surface area (Å²) in [5, 5.41) is 21.5. The van der Waals surface area contributed by atoms with E-state index in [0.29, 0.717) is 6.54 Å². The fraction of sp³-hybridized carbons (Fsp3) is 0.818. The molecule has 0 radical (unpaired) electrons. The van der Waals surface area contributed by atoms with Crippen LogP contribution in [0.3, 0.4) is 0 Å². The van der Waals surface area contributed by atoms with Crippen molar-refractivity contribution in [1.82, 2.24) is 10.2 Å². The SMILES string of the molecule is CCNCC(C)C(=O)N1C[C@H](O)C[C@H]1C(=O)O. The van der Waals surface area contributed by atoms with Gasteiger partial charge in [0.25, 0.3) is 0 Å². The summed E-state index contributed by atoms with van der Waals surface area (Å²) >= 11 is 0. The van der Waals surface area contributed by atoms with Crippen molar-refractivity contribution in [3.8, 4) is 0 Å². The maximum absolute atomic E-state index is 12.0. The Morgan fingerprint density at radius 2 is 2.18 bits per heavy atom. The van der Waals surface area contributed by atoms with Crippen molar-refractivity contribution in [2.75, 3.05) is 19.6 Å². The molecule has 0 spiro atoms. The molecule has 1 aliphatic heterocycles. The second-order valence-corrected chi connectivity index (χ2v) is 4.44. The Hall–Kier alpha value is -1.14. The molecule has 0 aromatic carbocycles. The van der Waals surface area contributed by atoms with E-state index in [2.05, 4.69) is 5.32 Å². The summed E-state index contributed by atoms with van der Waals surface area (Å²) in [6.07, 6.45) is -0.610. The van der Waals surface area contributed by atoms with Crippen LogP contribution in [0.25, 0.3) is 0 Å². The van der Waals surface area contributed by atoms with Crippen LogP contribution in [0.5, 0.6) is 0 Å². The number of β-amino-alcohol motifs (C(OH)–C–C–N with tert-alkyl or cyclic N) is 1. The Kier molecular flexibility index (Phi) is 4.89. The number of carbonyl (C=O) groups is 2. The Labute approximate surface area is 101 Å². The number of aliphatic carboxylic acids is 1. The second kappa shape index (κ2) is 5.97. The average molecular weight is 244 g/mol. The van der Waals surface area contributed by atoms with Gasteiger partial charge in [-0.3, -0.25) is 4.79 Å². The summed E-state index contributed by atoms with van der Waals surface area (Å²) in [7, 11) is 0. The highest BCUT2D eigenvalue weighted by molar-refractivity contribution is 5.85. The zero-order chi connectivity index (χ0) is 13.0. The lowest BCUT2D eigenvalue weighted by atomic mass is 10.1. The molecule has 1 unspecified atom stereocenters. The molecule has 0 aromatic rings. The summed E-state index contributed by atoms with van der Waals surface area (Å²) < 4.78 is 0. The zero-order valence-corrected chi connectivity index (χ0v) is 10.2. The molecule has 1 aliphatic rings. The maximum atomic E-state index is 12.0. The van der Waals surface area contributed by atoms with Gasteiger partial charge in [0.15, 0.2) is 0 Å². The van der Waals surface area contributed by atoms with Gasteiger partial charge in [-0.05, 0) is 6.54 Å². The number of carboxylic acid groups (broad SMARTS) is 1. The molecule has 1 amide bonds. The molecular weight excluding hydrogens is 224 g/mol. The Morgan fingerprint density at radius 1 is 1.53 bits per heavy atom. The molecule has 0 bridgehead atoms. The van der Waals surface area contributed by atoms with Crippen molar-refractivity contribution in [2.45, 2.75) is 32.4 Å². The summed E-state index contributed by atoms with van der Waals surface area (Å²) in [4.78, 5) is 24.3. The summed E-state index contributed by atoms with van der Waals surface area (Å²) in [5.74, 6) is -1.54. The number of amides is 1. The quantitative estimate of drug-likeness (QED) is 0.594. The smallest absolute Gasteiger partial charge is 0.326 e. The van der Waals surface area contributed by atoms with Crippen LogP contribution in [0.2, 0.25) is 0 Å². The van der Waals surface area contributed by atoms with E-state index in [1.807, 2.05) is 6.92 Å². The minimum atomic E-state index is -1.05. The van der Waals surface area contributed by atoms with E-state index in [-0.39, 0.29) is 24.8 Å². The third-order valence-electron chi connectivity index (χ3n) is 2.97. The van der Waals surface area contributed by atoms with Gasteiger partial charge in [-0.25, -0.2) is 4.79 Å². The van der Waals surface area contributed by atoms with Crippen molar-refractivity contribution in [3.05, 3.63) is 0 Å². The number of likely N-dealkylation sites (tertiary alicyclic amines) is 1. The van der Waals surface area contributed by atoms with Crippen molar-refractivity contribution in [3.63, 3.8) is 0 Å². The van der Waals surface area contributed by atoms with Crippen LogP contribution in [0.1, 0.15) is 20.3 Å². The molecular formula is C11H20N2O4. The first-order valence-electron chi connectivity index (χ1n) is 5.89. The Bertz CT molecular complexity index is 295. The van der Waals surface area contributed by atoms with Gasteiger partial charge in [0.05, 0.1) is 6.10 Å². The molecule has 3 N–H and O–H groups in total. The van der Waals surface area contributed by atoms with Crippen LogP contribution in [-0.2, 0) is 9.59 Å². The molecule has 1 heterocycles. The standard InChI is InChI=1S/C11H20N2O4/c1-3-12-5-7(2)10(15)13-6-8(14)4-9(13)11(16)17/h7-9,12,14H,3-6H2,1-2H3,(H,16,17)/t7?,8-,9+/m1/s1. The molecule has 0 aromatic heterocycles. The minimum absolute atomic E-state index is 0.117. The normalized spacial score (nSPS) is 25.9. The van der Waals surface area contributed by atoms with Gasteiger partial charge >= 0.3 is 5.97 Å². The Balaban J connectivity index is 2.63. The first kappa shape index (κ1) is 13.9. The predicted molar refractivity (Wildman–Crippen MR) is 61.5 cm³/mol. The molecule has 98 valence electrons. The van der Waals surface area contributed by atoms with E-state index in [0.717, 1.165) is 6.54 Å². The van der Waals surface area contributed by atoms with E-state index < -0.39 is 18.1 Å². The van der Waals surface area contributed by atoms with Gasteiger partial charge in [0.1, 0.15) is 6.04 Å². The summed E-state index contributed by atoms with van der Waals surface area (Å²) in [6.45, 7) is 5.11. The number of hydrogen-bond donors (Lipinski definition) is 3. The van der Waals surface area contributed by atoms with E-state index >= 15 is 0 Å². The van der Waals surface area contributed by atoms with Gasteiger partial charge in [0, 0.05) is 25.4 Å². The third kappa shape index (κ3) is 3.41. The fourth-order valence-corrected chi connectivity index (χ4v) is 2.02. The van der Waals surface area contributed by atoms with Crippen molar-refractivity contribution >= 4 is 11.9 Å². The fourth-order valence-electron chi connectivity index (χ4n) is 2.02. The first-order chi connectivity index (χ1) is 7.97. The first-order valence-corrected chi connectivity index (χ1v) is 5.89. The minimum Gasteiger partial charge on any atom is -0.480 e. The number of carboxylic acids is 1.